The van der Waals surface area contributed by atoms with Crippen molar-refractivity contribution >= 4 is 39.1 Å². The van der Waals surface area contributed by atoms with Crippen LogP contribution in [0.5, 0.6) is 0 Å². The fraction of sp³-hybridized carbons (Fsp3) is 0.259. The molecule has 202 valence electrons. The van der Waals surface area contributed by atoms with Gasteiger partial charge in [0.2, 0.25) is 11.8 Å². The molecule has 2 amide bonds. The van der Waals surface area contributed by atoms with Crippen LogP contribution in [0.25, 0.3) is 0 Å². The van der Waals surface area contributed by atoms with Crippen LogP contribution in [-0.4, -0.2) is 43.8 Å². The maximum Gasteiger partial charge on any atom is 0.264 e. The summed E-state index contributed by atoms with van der Waals surface area (Å²) in [7, 11) is -4.33. The third-order valence-electron chi connectivity index (χ3n) is 5.70. The predicted octanol–water partition coefficient (Wildman–Crippen LogP) is 4.76. The van der Waals surface area contributed by atoms with Gasteiger partial charge in [0.15, 0.2) is 0 Å². The summed E-state index contributed by atoms with van der Waals surface area (Å²) in [6.45, 7) is 3.93. The Bertz CT molecular complexity index is 1400. The van der Waals surface area contributed by atoms with Gasteiger partial charge in [-0.05, 0) is 57.2 Å². The van der Waals surface area contributed by atoms with Gasteiger partial charge in [-0.25, -0.2) is 17.2 Å². The van der Waals surface area contributed by atoms with E-state index in [1.165, 1.54) is 55.5 Å². The normalized spacial score (nSPS) is 12.2. The molecule has 38 heavy (non-hydrogen) atoms. The lowest BCUT2D eigenvalue weighted by Gasteiger charge is -2.32. The van der Waals surface area contributed by atoms with E-state index in [-0.39, 0.29) is 33.8 Å². The second-order valence-electron chi connectivity index (χ2n) is 8.88. The molecule has 1 atom stereocenters. The first-order valence-corrected chi connectivity index (χ1v) is 13.6. The van der Waals surface area contributed by atoms with Crippen LogP contribution in [0.2, 0.25) is 5.02 Å². The van der Waals surface area contributed by atoms with Crippen LogP contribution >= 0.6 is 11.6 Å². The van der Waals surface area contributed by atoms with Crippen molar-refractivity contribution in [2.24, 2.45) is 0 Å². The number of benzene rings is 3. The molecule has 0 aliphatic carbocycles. The molecule has 7 nitrogen and oxygen atoms in total. The zero-order valence-corrected chi connectivity index (χ0v) is 22.6. The number of anilines is 1. The molecule has 0 heterocycles. The van der Waals surface area contributed by atoms with Crippen molar-refractivity contribution in [3.63, 3.8) is 0 Å². The number of rotatable bonds is 10. The van der Waals surface area contributed by atoms with Gasteiger partial charge in [-0.3, -0.25) is 13.9 Å². The number of sulfonamides is 1. The second kappa shape index (κ2) is 12.4. The van der Waals surface area contributed by atoms with E-state index in [4.69, 9.17) is 11.6 Å². The Balaban J connectivity index is 2.06. The van der Waals surface area contributed by atoms with Crippen molar-refractivity contribution < 1.29 is 26.8 Å². The van der Waals surface area contributed by atoms with Crippen molar-refractivity contribution in [1.82, 2.24) is 10.2 Å². The van der Waals surface area contributed by atoms with E-state index in [0.29, 0.717) is 0 Å². The molecule has 1 N–H and O–H groups in total. The third-order valence-corrected chi connectivity index (χ3v) is 7.78. The Labute approximate surface area is 226 Å². The van der Waals surface area contributed by atoms with E-state index >= 15 is 0 Å². The highest BCUT2D eigenvalue weighted by Crippen LogP contribution is 2.28. The minimum absolute atomic E-state index is 0.0567. The highest BCUT2D eigenvalue weighted by Gasteiger charge is 2.33. The zero-order valence-electron chi connectivity index (χ0n) is 21.1. The van der Waals surface area contributed by atoms with Gasteiger partial charge in [-0.1, -0.05) is 48.0 Å². The van der Waals surface area contributed by atoms with Gasteiger partial charge < -0.3 is 10.2 Å². The third kappa shape index (κ3) is 6.87. The quantitative estimate of drug-likeness (QED) is 0.385. The minimum Gasteiger partial charge on any atom is -0.352 e. The Morgan fingerprint density at radius 1 is 0.921 bits per heavy atom. The standard InChI is InChI=1S/C27H28ClF2N3O4S/c1-18(2)31-27(35)19(3)32(16-20-9-7-8-12-24(20)29)26(34)17-33(21-13-14-25(30)23(28)15-21)38(36,37)22-10-5-4-6-11-22/h4-15,18-19H,16-17H2,1-3H3,(H,31,35)/t19-/m1/s1. The molecule has 0 bridgehead atoms. The molecule has 0 saturated carbocycles. The van der Waals surface area contributed by atoms with Gasteiger partial charge in [0.1, 0.15) is 24.2 Å². The lowest BCUT2D eigenvalue weighted by atomic mass is 10.1. The summed E-state index contributed by atoms with van der Waals surface area (Å²) in [6.07, 6.45) is 0. The van der Waals surface area contributed by atoms with Gasteiger partial charge in [0.05, 0.1) is 15.6 Å². The Hall–Kier alpha value is -3.50. The summed E-state index contributed by atoms with van der Waals surface area (Å²) in [5.41, 5.74) is 0.0890. The van der Waals surface area contributed by atoms with Crippen molar-refractivity contribution in [1.29, 1.82) is 0 Å². The lowest BCUT2D eigenvalue weighted by molar-refractivity contribution is -0.139. The first kappa shape index (κ1) is 29.1. The molecule has 0 aliphatic heterocycles. The van der Waals surface area contributed by atoms with Crippen molar-refractivity contribution in [2.45, 2.75) is 44.3 Å². The fourth-order valence-electron chi connectivity index (χ4n) is 3.69. The van der Waals surface area contributed by atoms with Crippen LogP contribution in [0.3, 0.4) is 0 Å². The van der Waals surface area contributed by atoms with Crippen LogP contribution in [0, 0.1) is 11.6 Å². The van der Waals surface area contributed by atoms with Crippen LogP contribution < -0.4 is 9.62 Å². The number of hydrogen-bond donors (Lipinski definition) is 1. The topological polar surface area (TPSA) is 86.8 Å². The number of carbonyl (C=O) groups excluding carboxylic acids is 2. The molecule has 11 heteroatoms. The monoisotopic (exact) mass is 563 g/mol. The predicted molar refractivity (Wildman–Crippen MR) is 142 cm³/mol. The minimum atomic E-state index is -4.33. The molecule has 0 radical (unpaired) electrons. The van der Waals surface area contributed by atoms with Gasteiger partial charge in [-0.15, -0.1) is 0 Å². The smallest absolute Gasteiger partial charge is 0.264 e. The van der Waals surface area contributed by atoms with Gasteiger partial charge in [-0.2, -0.15) is 0 Å². The van der Waals surface area contributed by atoms with Crippen molar-refractivity contribution in [3.8, 4) is 0 Å². The molecule has 0 fully saturated rings. The Morgan fingerprint density at radius 3 is 2.16 bits per heavy atom. The summed E-state index contributed by atoms with van der Waals surface area (Å²) in [5.74, 6) is -2.62. The fourth-order valence-corrected chi connectivity index (χ4v) is 5.29. The molecule has 3 aromatic rings. The average Bonchev–Trinajstić information content (AvgIpc) is 2.88. The van der Waals surface area contributed by atoms with E-state index in [1.807, 2.05) is 0 Å². The second-order valence-corrected chi connectivity index (χ2v) is 11.1. The molecular formula is C27H28ClF2N3O4S. The molecule has 0 saturated heterocycles. The first-order valence-electron chi connectivity index (χ1n) is 11.8. The summed E-state index contributed by atoms with van der Waals surface area (Å²) < 4.78 is 56.5. The number of nitrogens with zero attached hydrogens (tertiary/aromatic N) is 2. The average molecular weight is 564 g/mol. The highest BCUT2D eigenvalue weighted by atomic mass is 35.5. The number of amides is 2. The molecule has 0 spiro atoms. The molecule has 0 aliphatic rings. The molecule has 3 aromatic carbocycles. The van der Waals surface area contributed by atoms with Crippen LogP contribution in [0.15, 0.2) is 77.7 Å². The van der Waals surface area contributed by atoms with E-state index in [1.54, 1.807) is 26.0 Å². The molecule has 3 rings (SSSR count). The van der Waals surface area contributed by atoms with Crippen LogP contribution in [-0.2, 0) is 26.2 Å². The van der Waals surface area contributed by atoms with Crippen LogP contribution in [0.1, 0.15) is 26.3 Å². The summed E-state index contributed by atoms with van der Waals surface area (Å²) in [6, 6.07) is 15.1. The Kier molecular flexibility index (Phi) is 9.45. The molecular weight excluding hydrogens is 536 g/mol. The van der Waals surface area contributed by atoms with E-state index in [9.17, 15) is 26.8 Å². The van der Waals surface area contributed by atoms with E-state index in [2.05, 4.69) is 5.32 Å². The van der Waals surface area contributed by atoms with Crippen molar-refractivity contribution in [3.05, 3.63) is 95.0 Å². The van der Waals surface area contributed by atoms with Crippen LogP contribution in [0.4, 0.5) is 14.5 Å². The largest absolute Gasteiger partial charge is 0.352 e. The molecule has 0 aromatic heterocycles. The van der Waals surface area contributed by atoms with Crippen molar-refractivity contribution in [2.75, 3.05) is 10.8 Å². The van der Waals surface area contributed by atoms with E-state index in [0.717, 1.165) is 21.3 Å². The summed E-state index contributed by atoms with van der Waals surface area (Å²) >= 11 is 5.93. The number of nitrogens with one attached hydrogen (secondary N) is 1. The maximum absolute atomic E-state index is 14.5. The van der Waals surface area contributed by atoms with E-state index < -0.39 is 46.1 Å². The van der Waals surface area contributed by atoms with Gasteiger partial charge in [0, 0.05) is 18.2 Å². The number of halogens is 3. The zero-order chi connectivity index (χ0) is 28.0. The van der Waals surface area contributed by atoms with Gasteiger partial charge >= 0.3 is 0 Å². The lowest BCUT2D eigenvalue weighted by Crippen LogP contribution is -2.52. The van der Waals surface area contributed by atoms with Gasteiger partial charge in [0.25, 0.3) is 10.0 Å². The summed E-state index contributed by atoms with van der Waals surface area (Å²) in [4.78, 5) is 27.5. The SMILES string of the molecule is CC(C)NC(=O)[C@@H](C)N(Cc1ccccc1F)C(=O)CN(c1ccc(F)c(Cl)c1)S(=O)(=O)c1ccccc1. The Morgan fingerprint density at radius 2 is 1.55 bits per heavy atom. The number of carbonyl (C=O) groups is 2. The first-order chi connectivity index (χ1) is 17.9. The maximum atomic E-state index is 14.5. The number of hydrogen-bond acceptors (Lipinski definition) is 4. The highest BCUT2D eigenvalue weighted by molar-refractivity contribution is 7.92. The summed E-state index contributed by atoms with van der Waals surface area (Å²) in [5, 5.41) is 2.38. The molecule has 0 unspecified atom stereocenters.